The first-order chi connectivity index (χ1) is 14.3. The zero-order valence-corrected chi connectivity index (χ0v) is 18.9. The molecule has 3 rings (SSSR count). The Morgan fingerprint density at radius 2 is 1.97 bits per heavy atom. The molecule has 158 valence electrons. The number of thioether (sulfide) groups is 1. The summed E-state index contributed by atoms with van der Waals surface area (Å²) in [7, 11) is -4.14. The van der Waals surface area contributed by atoms with E-state index in [9.17, 15) is 13.2 Å². The summed E-state index contributed by atoms with van der Waals surface area (Å²) in [4.78, 5) is 11.7. The fourth-order valence-electron chi connectivity index (χ4n) is 2.51. The number of rotatable bonds is 7. The third-order valence-electron chi connectivity index (χ3n) is 3.97. The molecule has 0 bridgehead atoms. The standard InChI is InChI=1S/C19H17Cl2N3O4S2/c1-2-5-17-18(25)23-19(29-17)24-22-11-12-6-3-4-7-16(12)28-30(26,27)13-8-9-14(20)15(21)10-13/h3-4,6-11,17H,2,5H2,1H3,(H,23,24,25)/b22-11-/t17-/m0/s1. The van der Waals surface area contributed by atoms with E-state index in [1.807, 2.05) is 6.92 Å². The highest BCUT2D eigenvalue weighted by Crippen LogP contribution is 2.28. The third-order valence-corrected chi connectivity index (χ3v) is 7.08. The molecule has 1 fully saturated rings. The van der Waals surface area contributed by atoms with E-state index in [1.54, 1.807) is 18.2 Å². The molecule has 0 unspecified atom stereocenters. The summed E-state index contributed by atoms with van der Waals surface area (Å²) in [5.41, 5.74) is 0.393. The van der Waals surface area contributed by atoms with E-state index in [1.165, 1.54) is 42.2 Å². The molecule has 2 aromatic rings. The Labute approximate surface area is 188 Å². The first-order valence-corrected chi connectivity index (χ1v) is 11.9. The van der Waals surface area contributed by atoms with Crippen molar-refractivity contribution >= 4 is 62.4 Å². The van der Waals surface area contributed by atoms with E-state index in [2.05, 4.69) is 15.5 Å². The second-order valence-electron chi connectivity index (χ2n) is 6.19. The SMILES string of the molecule is CCC[C@@H]1S/C(=N\N=C/c2ccccc2OS(=O)(=O)c2ccc(Cl)c(Cl)c2)NC1=O. The highest BCUT2D eigenvalue weighted by Gasteiger charge is 2.29. The number of carbonyl (C=O) groups excluding carboxylic acids is 1. The van der Waals surface area contributed by atoms with Crippen molar-refractivity contribution in [3.63, 3.8) is 0 Å². The summed E-state index contributed by atoms with van der Waals surface area (Å²) < 4.78 is 30.4. The van der Waals surface area contributed by atoms with Crippen molar-refractivity contribution < 1.29 is 17.4 Å². The summed E-state index contributed by atoms with van der Waals surface area (Å²) in [6.07, 6.45) is 2.99. The van der Waals surface area contributed by atoms with Crippen LogP contribution in [0, 0.1) is 0 Å². The molecule has 7 nitrogen and oxygen atoms in total. The summed E-state index contributed by atoms with van der Waals surface area (Å²) in [6.45, 7) is 2.00. The van der Waals surface area contributed by atoms with Gasteiger partial charge in [-0.15, -0.1) is 5.10 Å². The van der Waals surface area contributed by atoms with Crippen LogP contribution in [-0.2, 0) is 14.9 Å². The minimum absolute atomic E-state index is 0.0690. The van der Waals surface area contributed by atoms with Gasteiger partial charge in [0.1, 0.15) is 4.90 Å². The molecule has 11 heteroatoms. The van der Waals surface area contributed by atoms with Gasteiger partial charge in [-0.05, 0) is 36.8 Å². The Morgan fingerprint density at radius 1 is 1.20 bits per heavy atom. The lowest BCUT2D eigenvalue weighted by molar-refractivity contribution is -0.118. The molecule has 30 heavy (non-hydrogen) atoms. The molecule has 1 heterocycles. The minimum Gasteiger partial charge on any atom is -0.378 e. The van der Waals surface area contributed by atoms with Gasteiger partial charge in [0.05, 0.1) is 21.5 Å². The second kappa shape index (κ2) is 9.82. The minimum atomic E-state index is -4.14. The molecule has 1 atom stereocenters. The lowest BCUT2D eigenvalue weighted by atomic mass is 10.2. The van der Waals surface area contributed by atoms with Gasteiger partial charge < -0.3 is 9.50 Å². The zero-order valence-electron chi connectivity index (χ0n) is 15.7. The maximum Gasteiger partial charge on any atom is 0.339 e. The second-order valence-corrected chi connectivity index (χ2v) is 9.74. The molecular formula is C19H17Cl2N3O4S2. The van der Waals surface area contributed by atoms with Gasteiger partial charge in [0.15, 0.2) is 10.9 Å². The number of amidine groups is 1. The van der Waals surface area contributed by atoms with E-state index in [4.69, 9.17) is 27.4 Å². The number of nitrogens with zero attached hydrogens (tertiary/aromatic N) is 2. The van der Waals surface area contributed by atoms with Gasteiger partial charge >= 0.3 is 10.1 Å². The van der Waals surface area contributed by atoms with Crippen LogP contribution in [0.1, 0.15) is 25.3 Å². The van der Waals surface area contributed by atoms with E-state index < -0.39 is 10.1 Å². The van der Waals surface area contributed by atoms with Crippen molar-refractivity contribution in [2.75, 3.05) is 0 Å². The summed E-state index contributed by atoms with van der Waals surface area (Å²) >= 11 is 13.1. The van der Waals surface area contributed by atoms with Gasteiger partial charge in [-0.1, -0.05) is 60.4 Å². The van der Waals surface area contributed by atoms with Crippen molar-refractivity contribution in [1.82, 2.24) is 5.32 Å². The molecule has 0 aliphatic carbocycles. The Bertz CT molecular complexity index is 1120. The number of hydrogen-bond acceptors (Lipinski definition) is 7. The first kappa shape index (κ1) is 22.6. The van der Waals surface area contributed by atoms with Crippen LogP contribution in [0.4, 0.5) is 0 Å². The summed E-state index contributed by atoms with van der Waals surface area (Å²) in [6, 6.07) is 10.4. The van der Waals surface area contributed by atoms with Gasteiger partial charge in [-0.2, -0.15) is 13.5 Å². The largest absolute Gasteiger partial charge is 0.378 e. The van der Waals surface area contributed by atoms with Gasteiger partial charge in [-0.25, -0.2) is 0 Å². The molecule has 1 saturated heterocycles. The predicted molar refractivity (Wildman–Crippen MR) is 120 cm³/mol. The van der Waals surface area contributed by atoms with Gasteiger partial charge in [-0.3, -0.25) is 4.79 Å². The molecule has 1 N–H and O–H groups in total. The van der Waals surface area contributed by atoms with Crippen LogP contribution in [0.2, 0.25) is 10.0 Å². The lowest BCUT2D eigenvalue weighted by Gasteiger charge is -2.09. The lowest BCUT2D eigenvalue weighted by Crippen LogP contribution is -2.24. The molecule has 0 radical (unpaired) electrons. The number of halogens is 2. The number of nitrogens with one attached hydrogen (secondary N) is 1. The van der Waals surface area contributed by atoms with Crippen LogP contribution in [0.15, 0.2) is 57.6 Å². The smallest absolute Gasteiger partial charge is 0.339 e. The number of para-hydroxylation sites is 1. The molecule has 0 spiro atoms. The summed E-state index contributed by atoms with van der Waals surface area (Å²) in [5.74, 6) is -0.0215. The fourth-order valence-corrected chi connectivity index (χ4v) is 4.90. The molecule has 1 amide bonds. The van der Waals surface area contributed by atoms with Crippen LogP contribution in [-0.4, -0.2) is 31.0 Å². The van der Waals surface area contributed by atoms with E-state index in [0.29, 0.717) is 10.7 Å². The van der Waals surface area contributed by atoms with Gasteiger partial charge in [0.25, 0.3) is 0 Å². The highest BCUT2D eigenvalue weighted by atomic mass is 35.5. The normalized spacial score (nSPS) is 18.2. The fraction of sp³-hybridized carbons (Fsp3) is 0.211. The van der Waals surface area contributed by atoms with Crippen molar-refractivity contribution in [2.45, 2.75) is 29.9 Å². The molecule has 0 aromatic heterocycles. The van der Waals surface area contributed by atoms with Crippen molar-refractivity contribution in [3.05, 3.63) is 58.1 Å². The first-order valence-electron chi connectivity index (χ1n) is 8.87. The highest BCUT2D eigenvalue weighted by molar-refractivity contribution is 8.15. The van der Waals surface area contributed by atoms with E-state index in [-0.39, 0.29) is 31.8 Å². The maximum absolute atomic E-state index is 12.6. The number of carbonyl (C=O) groups is 1. The van der Waals surface area contributed by atoms with Crippen molar-refractivity contribution in [1.29, 1.82) is 0 Å². The van der Waals surface area contributed by atoms with Crippen LogP contribution in [0.3, 0.4) is 0 Å². The predicted octanol–water partition coefficient (Wildman–Crippen LogP) is 4.48. The Kier molecular flexibility index (Phi) is 7.41. The Balaban J connectivity index is 1.78. The van der Waals surface area contributed by atoms with Gasteiger partial charge in [0, 0.05) is 5.56 Å². The molecule has 1 aliphatic heterocycles. The van der Waals surface area contributed by atoms with E-state index in [0.717, 1.165) is 12.8 Å². The monoisotopic (exact) mass is 485 g/mol. The van der Waals surface area contributed by atoms with Gasteiger partial charge in [0.2, 0.25) is 5.91 Å². The Morgan fingerprint density at radius 3 is 2.70 bits per heavy atom. The number of hydrogen-bond donors (Lipinski definition) is 1. The van der Waals surface area contributed by atoms with Crippen LogP contribution < -0.4 is 9.50 Å². The molecular weight excluding hydrogens is 469 g/mol. The zero-order chi connectivity index (χ0) is 21.7. The quantitative estimate of drug-likeness (QED) is 0.354. The van der Waals surface area contributed by atoms with Crippen LogP contribution >= 0.6 is 35.0 Å². The number of benzene rings is 2. The van der Waals surface area contributed by atoms with Crippen LogP contribution in [0.5, 0.6) is 5.75 Å². The topological polar surface area (TPSA) is 97.2 Å². The molecule has 0 saturated carbocycles. The number of amides is 1. The maximum atomic E-state index is 12.6. The average molecular weight is 486 g/mol. The third kappa shape index (κ3) is 5.54. The van der Waals surface area contributed by atoms with Crippen molar-refractivity contribution in [2.24, 2.45) is 10.2 Å². The molecule has 1 aliphatic rings. The van der Waals surface area contributed by atoms with Crippen LogP contribution in [0.25, 0.3) is 0 Å². The average Bonchev–Trinajstić information content (AvgIpc) is 3.04. The van der Waals surface area contributed by atoms with Crippen molar-refractivity contribution in [3.8, 4) is 5.75 Å². The molecule has 2 aromatic carbocycles. The van der Waals surface area contributed by atoms with E-state index >= 15 is 0 Å². The Hall–Kier alpha value is -2.07. The summed E-state index contributed by atoms with van der Waals surface area (Å²) in [5, 5.41) is 11.2.